The lowest BCUT2D eigenvalue weighted by Gasteiger charge is -2.39. The Hall–Kier alpha value is -0.130. The maximum atomic E-state index is 10.3. The monoisotopic (exact) mass is 258 g/mol. The van der Waals surface area contributed by atoms with Crippen molar-refractivity contribution in [2.24, 2.45) is 0 Å². The molecule has 96 valence electrons. The minimum absolute atomic E-state index is 0.566. The molecule has 1 rings (SSSR count). The van der Waals surface area contributed by atoms with E-state index in [0.29, 0.717) is 0 Å². The molecule has 1 aliphatic rings. The van der Waals surface area contributed by atoms with Crippen LogP contribution in [0.25, 0.3) is 0 Å². The van der Waals surface area contributed by atoms with Crippen LogP contribution in [0.4, 0.5) is 0 Å². The van der Waals surface area contributed by atoms with Crippen molar-refractivity contribution >= 4 is 11.4 Å². The number of aliphatic hydroxyl groups excluding tert-OH is 2. The van der Waals surface area contributed by atoms with Gasteiger partial charge in [-0.2, -0.15) is 4.21 Å². The van der Waals surface area contributed by atoms with E-state index in [1.165, 1.54) is 7.11 Å². The summed E-state index contributed by atoms with van der Waals surface area (Å²) >= 11 is -2.63. The fourth-order valence-corrected chi connectivity index (χ4v) is 1.68. The first-order valence-electron chi connectivity index (χ1n) is 4.46. The SMILES string of the molecule is COC1C(C)OC(O)C(O)C1OOS(=O)O. The third kappa shape index (κ3) is 3.18. The van der Waals surface area contributed by atoms with Gasteiger partial charge in [0.1, 0.15) is 12.2 Å². The smallest absolute Gasteiger partial charge is 0.331 e. The molecule has 1 heterocycles. The maximum absolute atomic E-state index is 10.3. The standard InChI is InChI=1S/C7H14O8S/c1-3-5(12-2)6(14-15-16(10)11)4(8)7(9)13-3/h3-9H,1-2H3,(H,10,11). The van der Waals surface area contributed by atoms with Crippen LogP contribution >= 0.6 is 0 Å². The number of ether oxygens (including phenoxy) is 2. The van der Waals surface area contributed by atoms with E-state index in [1.54, 1.807) is 6.92 Å². The third-order valence-electron chi connectivity index (χ3n) is 2.25. The van der Waals surface area contributed by atoms with Gasteiger partial charge in [0.25, 0.3) is 0 Å². The van der Waals surface area contributed by atoms with Gasteiger partial charge in [-0.05, 0) is 6.92 Å². The largest absolute Gasteiger partial charge is 0.385 e. The van der Waals surface area contributed by atoms with Crippen LogP contribution < -0.4 is 0 Å². The lowest BCUT2D eigenvalue weighted by molar-refractivity contribution is -0.353. The maximum Gasteiger partial charge on any atom is 0.331 e. The Morgan fingerprint density at radius 1 is 1.31 bits per heavy atom. The zero-order chi connectivity index (χ0) is 12.3. The molecule has 6 atom stereocenters. The number of rotatable bonds is 4. The van der Waals surface area contributed by atoms with E-state index in [0.717, 1.165) is 0 Å². The minimum Gasteiger partial charge on any atom is -0.385 e. The molecule has 6 unspecified atom stereocenters. The molecule has 0 amide bonds. The predicted octanol–water partition coefficient (Wildman–Crippen LogP) is -1.45. The minimum atomic E-state index is -2.63. The molecule has 16 heavy (non-hydrogen) atoms. The van der Waals surface area contributed by atoms with Gasteiger partial charge >= 0.3 is 11.4 Å². The second kappa shape index (κ2) is 5.98. The van der Waals surface area contributed by atoms with Crippen LogP contribution in [-0.2, 0) is 30.1 Å². The van der Waals surface area contributed by atoms with Crippen molar-refractivity contribution in [3.8, 4) is 0 Å². The Balaban J connectivity index is 2.68. The summed E-state index contributed by atoms with van der Waals surface area (Å²) in [6.45, 7) is 1.59. The molecule has 0 aliphatic carbocycles. The molecule has 0 saturated carbocycles. The summed E-state index contributed by atoms with van der Waals surface area (Å²) in [7, 11) is 1.35. The molecule has 0 aromatic rings. The van der Waals surface area contributed by atoms with E-state index in [2.05, 4.69) is 9.22 Å². The highest BCUT2D eigenvalue weighted by Crippen LogP contribution is 2.24. The summed E-state index contributed by atoms with van der Waals surface area (Å²) in [5.41, 5.74) is 0. The van der Waals surface area contributed by atoms with Crippen molar-refractivity contribution in [3.05, 3.63) is 0 Å². The van der Waals surface area contributed by atoms with E-state index >= 15 is 0 Å². The Bertz CT molecular complexity index is 249. The molecular formula is C7H14O8S. The molecule has 1 fully saturated rings. The molecule has 1 aliphatic heterocycles. The quantitative estimate of drug-likeness (QED) is 0.319. The number of aliphatic hydroxyl groups is 2. The van der Waals surface area contributed by atoms with Gasteiger partial charge in [0.05, 0.1) is 6.10 Å². The van der Waals surface area contributed by atoms with E-state index in [-0.39, 0.29) is 0 Å². The van der Waals surface area contributed by atoms with E-state index < -0.39 is 42.1 Å². The molecule has 8 nitrogen and oxygen atoms in total. The van der Waals surface area contributed by atoms with Crippen molar-refractivity contribution in [2.75, 3.05) is 7.11 Å². The van der Waals surface area contributed by atoms with Crippen molar-refractivity contribution in [3.63, 3.8) is 0 Å². The van der Waals surface area contributed by atoms with Gasteiger partial charge in [-0.1, -0.05) is 0 Å². The summed E-state index contributed by atoms with van der Waals surface area (Å²) in [5, 5.41) is 18.8. The molecule has 0 aromatic heterocycles. The van der Waals surface area contributed by atoms with Crippen molar-refractivity contribution < 1.29 is 37.7 Å². The first-order chi connectivity index (χ1) is 7.47. The first-order valence-corrected chi connectivity index (χ1v) is 5.49. The second-order valence-electron chi connectivity index (χ2n) is 3.27. The highest BCUT2D eigenvalue weighted by Gasteiger charge is 2.45. The van der Waals surface area contributed by atoms with Crippen molar-refractivity contribution in [1.82, 2.24) is 0 Å². The lowest BCUT2D eigenvalue weighted by atomic mass is 10.00. The van der Waals surface area contributed by atoms with Gasteiger partial charge in [0, 0.05) is 7.11 Å². The molecule has 0 bridgehead atoms. The number of hydrogen-bond acceptors (Lipinski definition) is 7. The Kier molecular flexibility index (Phi) is 5.21. The van der Waals surface area contributed by atoms with Crippen LogP contribution in [0, 0.1) is 0 Å². The van der Waals surface area contributed by atoms with Gasteiger partial charge in [0.15, 0.2) is 12.4 Å². The Labute approximate surface area is 94.5 Å². The highest BCUT2D eigenvalue weighted by molar-refractivity contribution is 7.74. The zero-order valence-electron chi connectivity index (χ0n) is 8.68. The van der Waals surface area contributed by atoms with Crippen LogP contribution in [0.5, 0.6) is 0 Å². The molecule has 0 spiro atoms. The van der Waals surface area contributed by atoms with Crippen molar-refractivity contribution in [1.29, 1.82) is 0 Å². The number of methoxy groups -OCH3 is 1. The van der Waals surface area contributed by atoms with Gasteiger partial charge in [0.2, 0.25) is 0 Å². The Morgan fingerprint density at radius 3 is 2.44 bits per heavy atom. The molecule has 3 N–H and O–H groups in total. The van der Waals surface area contributed by atoms with Crippen LogP contribution in [0.2, 0.25) is 0 Å². The summed E-state index contributed by atoms with van der Waals surface area (Å²) < 4.78 is 32.6. The first kappa shape index (κ1) is 13.9. The Morgan fingerprint density at radius 2 is 1.94 bits per heavy atom. The van der Waals surface area contributed by atoms with E-state index in [1.807, 2.05) is 0 Å². The predicted molar refractivity (Wildman–Crippen MR) is 50.1 cm³/mol. The average molecular weight is 258 g/mol. The van der Waals surface area contributed by atoms with Crippen LogP contribution in [0.1, 0.15) is 6.92 Å². The fraction of sp³-hybridized carbons (Fsp3) is 1.00. The molecule has 1 saturated heterocycles. The highest BCUT2D eigenvalue weighted by atomic mass is 32.2. The van der Waals surface area contributed by atoms with Crippen LogP contribution in [0.15, 0.2) is 0 Å². The molecular weight excluding hydrogens is 244 g/mol. The zero-order valence-corrected chi connectivity index (χ0v) is 9.49. The number of hydrogen-bond donors (Lipinski definition) is 3. The van der Waals surface area contributed by atoms with Crippen LogP contribution in [-0.4, -0.2) is 56.8 Å². The fourth-order valence-electron chi connectivity index (χ4n) is 1.52. The third-order valence-corrected chi connectivity index (χ3v) is 2.45. The van der Waals surface area contributed by atoms with Crippen molar-refractivity contribution in [2.45, 2.75) is 37.6 Å². The molecule has 0 radical (unpaired) electrons. The summed E-state index contributed by atoms with van der Waals surface area (Å²) in [6.07, 6.45) is -5.34. The normalized spacial score (nSPS) is 41.9. The van der Waals surface area contributed by atoms with Gasteiger partial charge in [-0.25, -0.2) is 4.89 Å². The molecule has 0 aromatic carbocycles. The average Bonchev–Trinajstić information content (AvgIpc) is 2.20. The van der Waals surface area contributed by atoms with E-state index in [4.69, 9.17) is 14.0 Å². The summed E-state index contributed by atoms with van der Waals surface area (Å²) in [4.78, 5) is 4.54. The van der Waals surface area contributed by atoms with Crippen LogP contribution in [0.3, 0.4) is 0 Å². The van der Waals surface area contributed by atoms with Gasteiger partial charge in [-0.3, -0.25) is 4.55 Å². The summed E-state index contributed by atoms with van der Waals surface area (Å²) in [6, 6.07) is 0. The van der Waals surface area contributed by atoms with E-state index in [9.17, 15) is 14.4 Å². The lowest BCUT2D eigenvalue weighted by Crippen LogP contribution is -2.58. The van der Waals surface area contributed by atoms with Gasteiger partial charge in [-0.15, -0.1) is 4.33 Å². The summed E-state index contributed by atoms with van der Waals surface area (Å²) in [5.74, 6) is 0. The second-order valence-corrected chi connectivity index (χ2v) is 3.84. The molecule has 9 heteroatoms. The topological polar surface area (TPSA) is 115 Å². The van der Waals surface area contributed by atoms with Gasteiger partial charge < -0.3 is 19.7 Å².